The van der Waals surface area contributed by atoms with Crippen LogP contribution in [0, 0.1) is 5.82 Å². The van der Waals surface area contributed by atoms with E-state index in [0.717, 1.165) is 4.57 Å². The molecule has 2 N–H and O–H groups in total. The Labute approximate surface area is 175 Å². The first-order valence-electron chi connectivity index (χ1n) is 8.05. The van der Waals surface area contributed by atoms with Gasteiger partial charge in [-0.2, -0.15) is 12.7 Å². The zero-order valence-electron chi connectivity index (χ0n) is 14.4. The summed E-state index contributed by atoms with van der Waals surface area (Å²) in [6, 6.07) is 3.95. The molecule has 4 rings (SSSR count). The van der Waals surface area contributed by atoms with E-state index in [1.54, 1.807) is 0 Å². The van der Waals surface area contributed by atoms with Crippen LogP contribution in [0.25, 0.3) is 17.2 Å². The standard InChI is InChI=1S/C14H12BrFN6O5S2/c15-9-5-7(1-2-10(9)16)22-12(19-26-14(22)23)11-13(20-27-18-11)28-8-3-4-21(6-8)29(17,24)25/h1-2,5,8H,3-4,6H2,(H2,17,24,25)/t8-/m1/s1. The minimum absolute atomic E-state index is 0.0126. The van der Waals surface area contributed by atoms with Crippen molar-refractivity contribution in [3.63, 3.8) is 0 Å². The van der Waals surface area contributed by atoms with E-state index in [-0.39, 0.29) is 34.3 Å². The molecule has 0 unspecified atom stereocenters. The van der Waals surface area contributed by atoms with Crippen LogP contribution < -0.4 is 10.9 Å². The summed E-state index contributed by atoms with van der Waals surface area (Å²) in [7, 11) is -3.77. The molecule has 1 aliphatic heterocycles. The third kappa shape index (κ3) is 4.00. The Bertz CT molecular complexity index is 1230. The Morgan fingerprint density at radius 1 is 1.31 bits per heavy atom. The molecule has 2 aromatic heterocycles. The van der Waals surface area contributed by atoms with Gasteiger partial charge in [0.25, 0.3) is 10.2 Å². The van der Waals surface area contributed by atoms with E-state index in [1.165, 1.54) is 34.3 Å². The number of hydrogen-bond donors (Lipinski definition) is 1. The second-order valence-corrected chi connectivity index (χ2v) is 9.75. The number of nitrogens with zero attached hydrogens (tertiary/aromatic N) is 5. The van der Waals surface area contributed by atoms with Gasteiger partial charge in [-0.3, -0.25) is 4.52 Å². The van der Waals surface area contributed by atoms with Crippen LogP contribution in [0.5, 0.6) is 0 Å². The predicted molar refractivity (Wildman–Crippen MR) is 102 cm³/mol. The zero-order chi connectivity index (χ0) is 20.8. The van der Waals surface area contributed by atoms with E-state index < -0.39 is 21.8 Å². The SMILES string of the molecule is NS(=O)(=O)N1CC[C@@H](Sc2nonc2-c2noc(=O)n2-c2ccc(F)c(Br)c2)C1. The van der Waals surface area contributed by atoms with Crippen LogP contribution in [-0.4, -0.2) is 51.1 Å². The maximum atomic E-state index is 13.6. The lowest BCUT2D eigenvalue weighted by molar-refractivity contribution is 0.299. The number of aromatic nitrogens is 4. The molecule has 0 radical (unpaired) electrons. The van der Waals surface area contributed by atoms with Crippen LogP contribution in [-0.2, 0) is 10.2 Å². The minimum Gasteiger partial charge on any atom is -0.295 e. The van der Waals surface area contributed by atoms with Crippen molar-refractivity contribution in [3.05, 3.63) is 39.0 Å². The van der Waals surface area contributed by atoms with Crippen molar-refractivity contribution in [1.82, 2.24) is 24.3 Å². The Balaban J connectivity index is 1.66. The summed E-state index contributed by atoms with van der Waals surface area (Å²) in [6.07, 6.45) is 0.546. The molecule has 3 heterocycles. The summed E-state index contributed by atoms with van der Waals surface area (Å²) in [4.78, 5) is 12.2. The average Bonchev–Trinajstić information content (AvgIpc) is 3.37. The van der Waals surface area contributed by atoms with Gasteiger partial charge in [0.15, 0.2) is 10.7 Å². The lowest BCUT2D eigenvalue weighted by atomic mass is 10.3. The fraction of sp³-hybridized carbons (Fsp3) is 0.286. The third-order valence-corrected chi connectivity index (χ3v) is 7.05. The molecular weight excluding hydrogens is 495 g/mol. The molecule has 154 valence electrons. The number of hydrogen-bond acceptors (Lipinski definition) is 9. The molecule has 0 aliphatic carbocycles. The van der Waals surface area contributed by atoms with Crippen LogP contribution in [0.1, 0.15) is 6.42 Å². The lowest BCUT2D eigenvalue weighted by Crippen LogP contribution is -2.35. The van der Waals surface area contributed by atoms with E-state index in [4.69, 9.17) is 14.3 Å². The molecule has 1 fully saturated rings. The molecular formula is C14H12BrFN6O5S2. The Hall–Kier alpha value is -2.07. The van der Waals surface area contributed by atoms with Gasteiger partial charge < -0.3 is 0 Å². The van der Waals surface area contributed by atoms with Crippen molar-refractivity contribution in [1.29, 1.82) is 0 Å². The van der Waals surface area contributed by atoms with E-state index in [2.05, 4.69) is 31.4 Å². The molecule has 1 aromatic carbocycles. The van der Waals surface area contributed by atoms with E-state index in [0.29, 0.717) is 17.1 Å². The van der Waals surface area contributed by atoms with Gasteiger partial charge in [0.05, 0.1) is 10.2 Å². The molecule has 1 aliphatic rings. The third-order valence-electron chi connectivity index (χ3n) is 4.18. The normalized spacial score (nSPS) is 17.8. The number of nitrogens with two attached hydrogens (primary N) is 1. The number of benzene rings is 1. The summed E-state index contributed by atoms with van der Waals surface area (Å²) in [5.74, 6) is -1.29. The summed E-state index contributed by atoms with van der Waals surface area (Å²) in [5.41, 5.74) is 0.426. The number of thioether (sulfide) groups is 1. The molecule has 1 atom stereocenters. The van der Waals surface area contributed by atoms with Gasteiger partial charge in [0.1, 0.15) is 5.82 Å². The first-order chi connectivity index (χ1) is 13.7. The summed E-state index contributed by atoms with van der Waals surface area (Å²) in [5, 5.41) is 16.7. The van der Waals surface area contributed by atoms with Crippen LogP contribution in [0.4, 0.5) is 4.39 Å². The molecule has 0 spiro atoms. The molecule has 15 heteroatoms. The van der Waals surface area contributed by atoms with Crippen LogP contribution in [0.3, 0.4) is 0 Å². The smallest absolute Gasteiger partial charge is 0.295 e. The highest BCUT2D eigenvalue weighted by Crippen LogP contribution is 2.34. The molecule has 1 saturated heterocycles. The molecule has 0 saturated carbocycles. The number of rotatable bonds is 5. The van der Waals surface area contributed by atoms with E-state index >= 15 is 0 Å². The largest absolute Gasteiger partial charge is 0.446 e. The van der Waals surface area contributed by atoms with Gasteiger partial charge in [-0.05, 0) is 50.9 Å². The molecule has 0 bridgehead atoms. The van der Waals surface area contributed by atoms with Crippen LogP contribution >= 0.6 is 27.7 Å². The van der Waals surface area contributed by atoms with Crippen molar-refractivity contribution in [2.45, 2.75) is 16.7 Å². The van der Waals surface area contributed by atoms with Gasteiger partial charge in [-0.1, -0.05) is 16.9 Å². The van der Waals surface area contributed by atoms with Gasteiger partial charge in [0, 0.05) is 18.3 Å². The average molecular weight is 507 g/mol. The minimum atomic E-state index is -3.77. The maximum Gasteiger partial charge on any atom is 0.446 e. The van der Waals surface area contributed by atoms with Crippen LogP contribution in [0.2, 0.25) is 0 Å². The van der Waals surface area contributed by atoms with Crippen molar-refractivity contribution in [2.75, 3.05) is 13.1 Å². The summed E-state index contributed by atoms with van der Waals surface area (Å²) >= 11 is 4.29. The van der Waals surface area contributed by atoms with Gasteiger partial charge >= 0.3 is 5.76 Å². The highest BCUT2D eigenvalue weighted by molar-refractivity contribution is 9.10. The summed E-state index contributed by atoms with van der Waals surface area (Å²) < 4.78 is 48.5. The van der Waals surface area contributed by atoms with Crippen molar-refractivity contribution in [2.24, 2.45) is 5.14 Å². The summed E-state index contributed by atoms with van der Waals surface area (Å²) in [6.45, 7) is 0.488. The molecule has 29 heavy (non-hydrogen) atoms. The van der Waals surface area contributed by atoms with E-state index in [9.17, 15) is 17.6 Å². The number of halogens is 2. The highest BCUT2D eigenvalue weighted by Gasteiger charge is 2.32. The van der Waals surface area contributed by atoms with Gasteiger partial charge in [-0.15, -0.1) is 0 Å². The first kappa shape index (κ1) is 20.2. The molecule has 11 nitrogen and oxygen atoms in total. The lowest BCUT2D eigenvalue weighted by Gasteiger charge is -2.11. The zero-order valence-corrected chi connectivity index (χ0v) is 17.6. The first-order valence-corrected chi connectivity index (χ1v) is 11.2. The van der Waals surface area contributed by atoms with Crippen molar-refractivity contribution >= 4 is 37.9 Å². The molecule has 3 aromatic rings. The quantitative estimate of drug-likeness (QED) is 0.536. The Morgan fingerprint density at radius 3 is 2.79 bits per heavy atom. The molecule has 0 amide bonds. The fourth-order valence-electron chi connectivity index (χ4n) is 2.83. The van der Waals surface area contributed by atoms with Crippen molar-refractivity contribution < 1.29 is 22.0 Å². The Kier molecular flexibility index (Phi) is 5.32. The van der Waals surface area contributed by atoms with Crippen LogP contribution in [0.15, 0.2) is 41.6 Å². The Morgan fingerprint density at radius 2 is 2.10 bits per heavy atom. The second kappa shape index (κ2) is 7.64. The van der Waals surface area contributed by atoms with E-state index in [1.807, 2.05) is 0 Å². The topological polar surface area (TPSA) is 150 Å². The maximum absolute atomic E-state index is 13.6. The monoisotopic (exact) mass is 506 g/mol. The predicted octanol–water partition coefficient (Wildman–Crippen LogP) is 1.15. The fourth-order valence-corrected chi connectivity index (χ4v) is 5.15. The van der Waals surface area contributed by atoms with Gasteiger partial charge in [-0.25, -0.2) is 23.5 Å². The highest BCUT2D eigenvalue weighted by atomic mass is 79.9. The second-order valence-electron chi connectivity index (χ2n) is 6.06. The van der Waals surface area contributed by atoms with Crippen molar-refractivity contribution in [3.8, 4) is 17.2 Å². The van der Waals surface area contributed by atoms with Gasteiger partial charge in [0.2, 0.25) is 5.82 Å².